The molecule has 0 bridgehead atoms. The smallest absolute Gasteiger partial charge is 0.317 e. The van der Waals surface area contributed by atoms with Crippen molar-refractivity contribution >= 4 is 17.8 Å². The molecule has 3 amide bonds. The minimum Gasteiger partial charge on any atom is -0.363 e. The van der Waals surface area contributed by atoms with E-state index in [2.05, 4.69) is 27.2 Å². The maximum absolute atomic E-state index is 11.9. The van der Waals surface area contributed by atoms with Crippen LogP contribution in [0.15, 0.2) is 16.9 Å². The van der Waals surface area contributed by atoms with Gasteiger partial charge in [0.15, 0.2) is 5.82 Å². The Kier molecular flexibility index (Phi) is 7.16. The maximum atomic E-state index is 11.9. The van der Waals surface area contributed by atoms with Crippen LogP contribution in [0.1, 0.15) is 33.1 Å². The number of aromatic nitrogens is 1. The minimum absolute atomic E-state index is 0.00133. The van der Waals surface area contributed by atoms with Crippen molar-refractivity contribution in [3.8, 4) is 0 Å². The first-order chi connectivity index (χ1) is 9.67. The van der Waals surface area contributed by atoms with E-state index in [0.717, 1.165) is 19.3 Å². The molecule has 1 rings (SSSR count). The second-order valence-electron chi connectivity index (χ2n) is 4.44. The van der Waals surface area contributed by atoms with Crippen molar-refractivity contribution in [1.82, 2.24) is 15.4 Å². The molecule has 1 heterocycles. The molecule has 0 aliphatic heterocycles. The predicted octanol–water partition coefficient (Wildman–Crippen LogP) is 1.83. The lowest BCUT2D eigenvalue weighted by Crippen LogP contribution is -2.44. The third-order valence-corrected chi connectivity index (χ3v) is 2.63. The average Bonchev–Trinajstić information content (AvgIpc) is 2.91. The van der Waals surface area contributed by atoms with Gasteiger partial charge in [0.05, 0.1) is 0 Å². The van der Waals surface area contributed by atoms with Crippen LogP contribution in [0.4, 0.5) is 10.6 Å². The fourth-order valence-corrected chi connectivity index (χ4v) is 1.64. The first-order valence-corrected chi connectivity index (χ1v) is 6.90. The third-order valence-electron chi connectivity index (χ3n) is 2.63. The summed E-state index contributed by atoms with van der Waals surface area (Å²) < 4.78 is 4.62. The van der Waals surface area contributed by atoms with Crippen LogP contribution in [-0.2, 0) is 4.79 Å². The molecule has 0 fully saturated rings. The zero-order valence-corrected chi connectivity index (χ0v) is 12.0. The molecule has 20 heavy (non-hydrogen) atoms. The zero-order valence-electron chi connectivity index (χ0n) is 12.0. The van der Waals surface area contributed by atoms with Crippen molar-refractivity contribution in [3.63, 3.8) is 0 Å². The van der Waals surface area contributed by atoms with E-state index >= 15 is 0 Å². The Labute approximate surface area is 118 Å². The van der Waals surface area contributed by atoms with E-state index in [1.807, 2.05) is 6.92 Å². The van der Waals surface area contributed by atoms with E-state index < -0.39 is 0 Å². The van der Waals surface area contributed by atoms with Gasteiger partial charge in [-0.1, -0.05) is 25.4 Å². The summed E-state index contributed by atoms with van der Waals surface area (Å²) in [5.74, 6) is 0.0517. The van der Waals surface area contributed by atoms with Gasteiger partial charge in [0.2, 0.25) is 5.91 Å². The first kappa shape index (κ1) is 16.0. The highest BCUT2D eigenvalue weighted by Gasteiger charge is 2.16. The number of hydrogen-bond donors (Lipinski definition) is 2. The van der Waals surface area contributed by atoms with Crippen molar-refractivity contribution in [2.75, 3.05) is 25.0 Å². The predicted molar refractivity (Wildman–Crippen MR) is 75.3 cm³/mol. The fraction of sp³-hybridized carbons (Fsp3) is 0.615. The lowest BCUT2D eigenvalue weighted by Gasteiger charge is -2.21. The summed E-state index contributed by atoms with van der Waals surface area (Å²) >= 11 is 0. The summed E-state index contributed by atoms with van der Waals surface area (Å²) in [4.78, 5) is 25.3. The molecule has 0 saturated carbocycles. The van der Waals surface area contributed by atoms with Gasteiger partial charge in [-0.15, -0.1) is 0 Å². The molecule has 0 atom stereocenters. The Hall–Kier alpha value is -2.05. The molecule has 7 heteroatoms. The lowest BCUT2D eigenvalue weighted by atomic mass is 10.3. The summed E-state index contributed by atoms with van der Waals surface area (Å²) in [5.41, 5.74) is 0. The Bertz CT molecular complexity index is 406. The molecule has 7 nitrogen and oxygen atoms in total. The summed E-state index contributed by atoms with van der Waals surface area (Å²) in [6, 6.07) is 1.33. The number of unbranched alkanes of at least 4 members (excludes halogenated alkanes) is 1. The van der Waals surface area contributed by atoms with Crippen molar-refractivity contribution < 1.29 is 14.1 Å². The van der Waals surface area contributed by atoms with E-state index in [9.17, 15) is 9.59 Å². The Morgan fingerprint density at radius 3 is 2.75 bits per heavy atom. The lowest BCUT2D eigenvalue weighted by molar-refractivity contribution is -0.116. The largest absolute Gasteiger partial charge is 0.363 e. The summed E-state index contributed by atoms with van der Waals surface area (Å²) in [7, 11) is 0. The van der Waals surface area contributed by atoms with E-state index in [0.29, 0.717) is 18.9 Å². The van der Waals surface area contributed by atoms with Crippen molar-refractivity contribution in [1.29, 1.82) is 0 Å². The van der Waals surface area contributed by atoms with Crippen LogP contribution in [-0.4, -0.2) is 41.6 Å². The second kappa shape index (κ2) is 8.95. The van der Waals surface area contributed by atoms with Crippen LogP contribution >= 0.6 is 0 Å². The molecule has 0 spiro atoms. The van der Waals surface area contributed by atoms with Gasteiger partial charge in [-0.2, -0.15) is 0 Å². The molecule has 1 aromatic heterocycles. The van der Waals surface area contributed by atoms with Gasteiger partial charge in [-0.05, 0) is 12.8 Å². The molecule has 0 aliphatic rings. The van der Waals surface area contributed by atoms with Crippen molar-refractivity contribution in [2.24, 2.45) is 0 Å². The van der Waals surface area contributed by atoms with Gasteiger partial charge in [0, 0.05) is 19.2 Å². The highest BCUT2D eigenvalue weighted by atomic mass is 16.5. The first-order valence-electron chi connectivity index (χ1n) is 6.90. The molecule has 0 saturated heterocycles. The monoisotopic (exact) mass is 282 g/mol. The molecule has 0 unspecified atom stereocenters. The van der Waals surface area contributed by atoms with Crippen molar-refractivity contribution in [2.45, 2.75) is 33.1 Å². The van der Waals surface area contributed by atoms with Crippen LogP contribution in [0.25, 0.3) is 0 Å². The highest BCUT2D eigenvalue weighted by molar-refractivity contribution is 5.93. The third kappa shape index (κ3) is 5.73. The van der Waals surface area contributed by atoms with Crippen LogP contribution in [0.2, 0.25) is 0 Å². The molecule has 0 aromatic carbocycles. The number of hydrogen-bond acceptors (Lipinski definition) is 4. The molecule has 0 aliphatic carbocycles. The Balaban J connectivity index is 2.44. The zero-order chi connectivity index (χ0) is 14.8. The Morgan fingerprint density at radius 1 is 1.35 bits per heavy atom. The van der Waals surface area contributed by atoms with Crippen LogP contribution in [0.3, 0.4) is 0 Å². The minimum atomic E-state index is -0.294. The van der Waals surface area contributed by atoms with Gasteiger partial charge < -0.3 is 20.1 Å². The molecular weight excluding hydrogens is 260 g/mol. The number of anilines is 1. The molecule has 1 aromatic rings. The summed E-state index contributed by atoms with van der Waals surface area (Å²) in [6.07, 6.45) is 4.10. The SMILES string of the molecule is CCCCNC(=O)N(CCC)CC(=O)Nc1ccon1. The van der Waals surface area contributed by atoms with E-state index in [1.165, 1.54) is 11.2 Å². The van der Waals surface area contributed by atoms with Crippen LogP contribution in [0, 0.1) is 0 Å². The quantitative estimate of drug-likeness (QED) is 0.712. The number of rotatable bonds is 8. The van der Waals surface area contributed by atoms with Crippen molar-refractivity contribution in [3.05, 3.63) is 12.3 Å². The maximum Gasteiger partial charge on any atom is 0.317 e. The van der Waals surface area contributed by atoms with Gasteiger partial charge in [0.25, 0.3) is 0 Å². The number of nitrogens with one attached hydrogen (secondary N) is 2. The van der Waals surface area contributed by atoms with Crippen LogP contribution in [0.5, 0.6) is 0 Å². The normalized spacial score (nSPS) is 10.1. The summed E-state index contributed by atoms with van der Waals surface area (Å²) in [5, 5.41) is 8.96. The molecule has 112 valence electrons. The average molecular weight is 282 g/mol. The topological polar surface area (TPSA) is 87.5 Å². The fourth-order valence-electron chi connectivity index (χ4n) is 1.64. The number of nitrogens with zero attached hydrogens (tertiary/aromatic N) is 2. The number of carbonyl (C=O) groups is 2. The van der Waals surface area contributed by atoms with Gasteiger partial charge in [-0.25, -0.2) is 4.79 Å². The number of carbonyl (C=O) groups excluding carboxylic acids is 2. The standard InChI is InChI=1S/C13H22N4O3/c1-3-5-7-14-13(19)17(8-4-2)10-12(18)15-11-6-9-20-16-11/h6,9H,3-5,7-8,10H2,1-2H3,(H,14,19)(H,15,16,18). The van der Waals surface area contributed by atoms with E-state index in [1.54, 1.807) is 6.07 Å². The van der Waals surface area contributed by atoms with Gasteiger partial charge in [-0.3, -0.25) is 4.79 Å². The van der Waals surface area contributed by atoms with E-state index in [-0.39, 0.29) is 18.5 Å². The van der Waals surface area contributed by atoms with Gasteiger partial charge >= 0.3 is 6.03 Å². The summed E-state index contributed by atoms with van der Waals surface area (Å²) in [6.45, 7) is 5.17. The molecular formula is C13H22N4O3. The Morgan fingerprint density at radius 2 is 2.15 bits per heavy atom. The number of amides is 3. The van der Waals surface area contributed by atoms with Gasteiger partial charge in [0.1, 0.15) is 12.8 Å². The molecule has 0 radical (unpaired) electrons. The van der Waals surface area contributed by atoms with Crippen LogP contribution < -0.4 is 10.6 Å². The molecule has 2 N–H and O–H groups in total. The second-order valence-corrected chi connectivity index (χ2v) is 4.44. The highest BCUT2D eigenvalue weighted by Crippen LogP contribution is 2.02. The number of urea groups is 1. The van der Waals surface area contributed by atoms with E-state index in [4.69, 9.17) is 0 Å².